The highest BCUT2D eigenvalue weighted by molar-refractivity contribution is 5.74. The first-order chi connectivity index (χ1) is 10.7. The van der Waals surface area contributed by atoms with E-state index in [0.717, 1.165) is 18.4 Å². The van der Waals surface area contributed by atoms with Gasteiger partial charge in [-0.1, -0.05) is 60.2 Å². The van der Waals surface area contributed by atoms with Crippen LogP contribution in [0.4, 0.5) is 4.79 Å². The maximum atomic E-state index is 12.0. The average Bonchev–Trinajstić information content (AvgIpc) is 3.33. The van der Waals surface area contributed by atoms with Crippen molar-refractivity contribution in [3.05, 3.63) is 71.3 Å². The van der Waals surface area contributed by atoms with Crippen molar-refractivity contribution in [1.82, 2.24) is 10.6 Å². The molecule has 0 bridgehead atoms. The highest BCUT2D eigenvalue weighted by Crippen LogP contribution is 2.47. The van der Waals surface area contributed by atoms with Gasteiger partial charge in [-0.05, 0) is 30.9 Å². The van der Waals surface area contributed by atoms with Crippen LogP contribution in [0.25, 0.3) is 0 Å². The second kappa shape index (κ2) is 6.22. The summed E-state index contributed by atoms with van der Waals surface area (Å²) in [5, 5.41) is 5.95. The van der Waals surface area contributed by atoms with Crippen LogP contribution in [0.3, 0.4) is 0 Å². The summed E-state index contributed by atoms with van der Waals surface area (Å²) in [6, 6.07) is 18.6. The highest BCUT2D eigenvalue weighted by atomic mass is 16.2. The van der Waals surface area contributed by atoms with Crippen LogP contribution in [0, 0.1) is 6.92 Å². The molecule has 2 aromatic rings. The maximum absolute atomic E-state index is 12.0. The molecule has 0 aromatic heterocycles. The fourth-order valence-corrected chi connectivity index (χ4v) is 2.83. The van der Waals surface area contributed by atoms with Crippen molar-refractivity contribution in [3.63, 3.8) is 0 Å². The lowest BCUT2D eigenvalue weighted by Gasteiger charge is -2.17. The van der Waals surface area contributed by atoms with E-state index in [9.17, 15) is 4.79 Å². The lowest BCUT2D eigenvalue weighted by molar-refractivity contribution is 0.239. The van der Waals surface area contributed by atoms with Crippen LogP contribution in [-0.4, -0.2) is 12.6 Å². The predicted molar refractivity (Wildman–Crippen MR) is 88.8 cm³/mol. The van der Waals surface area contributed by atoms with Crippen molar-refractivity contribution >= 4 is 6.03 Å². The number of carbonyl (C=O) groups is 1. The van der Waals surface area contributed by atoms with E-state index in [0.29, 0.717) is 13.1 Å². The number of aryl methyl sites for hydroxylation is 1. The quantitative estimate of drug-likeness (QED) is 0.870. The van der Waals surface area contributed by atoms with Crippen LogP contribution in [0.15, 0.2) is 54.6 Å². The second-order valence-electron chi connectivity index (χ2n) is 6.17. The summed E-state index contributed by atoms with van der Waals surface area (Å²) >= 11 is 0. The Morgan fingerprint density at radius 3 is 2.50 bits per heavy atom. The van der Waals surface area contributed by atoms with Crippen LogP contribution in [0.1, 0.15) is 29.5 Å². The second-order valence-corrected chi connectivity index (χ2v) is 6.17. The van der Waals surface area contributed by atoms with Crippen LogP contribution < -0.4 is 10.6 Å². The number of urea groups is 1. The molecule has 3 rings (SSSR count). The van der Waals surface area contributed by atoms with Crippen LogP contribution in [-0.2, 0) is 12.0 Å². The molecule has 2 aromatic carbocycles. The Balaban J connectivity index is 1.49. The van der Waals surface area contributed by atoms with Crippen molar-refractivity contribution in [3.8, 4) is 0 Å². The molecule has 1 fully saturated rings. The third-order valence-electron chi connectivity index (χ3n) is 4.36. The Kier molecular flexibility index (Phi) is 4.14. The number of nitrogens with one attached hydrogen (secondary N) is 2. The first kappa shape index (κ1) is 14.6. The van der Waals surface area contributed by atoms with Gasteiger partial charge in [-0.15, -0.1) is 0 Å². The van der Waals surface area contributed by atoms with Gasteiger partial charge < -0.3 is 10.6 Å². The van der Waals surface area contributed by atoms with Gasteiger partial charge in [-0.2, -0.15) is 0 Å². The molecule has 0 unspecified atom stereocenters. The van der Waals surface area contributed by atoms with Gasteiger partial charge in [0.2, 0.25) is 0 Å². The van der Waals surface area contributed by atoms with Crippen molar-refractivity contribution in [2.24, 2.45) is 0 Å². The summed E-state index contributed by atoms with van der Waals surface area (Å²) in [6.07, 6.45) is 2.30. The highest BCUT2D eigenvalue weighted by Gasteiger charge is 2.44. The zero-order chi connectivity index (χ0) is 15.4. The van der Waals surface area contributed by atoms with Crippen molar-refractivity contribution in [2.45, 2.75) is 31.7 Å². The van der Waals surface area contributed by atoms with Gasteiger partial charge in [-0.3, -0.25) is 0 Å². The Bertz CT molecular complexity index is 647. The van der Waals surface area contributed by atoms with E-state index >= 15 is 0 Å². The van der Waals surface area contributed by atoms with Crippen LogP contribution in [0.5, 0.6) is 0 Å². The van der Waals surface area contributed by atoms with E-state index < -0.39 is 0 Å². The number of benzene rings is 2. The minimum absolute atomic E-state index is 0.0938. The van der Waals surface area contributed by atoms with Gasteiger partial charge in [-0.25, -0.2) is 4.79 Å². The Morgan fingerprint density at radius 2 is 1.82 bits per heavy atom. The monoisotopic (exact) mass is 294 g/mol. The summed E-state index contributed by atoms with van der Waals surface area (Å²) in [5.41, 5.74) is 3.82. The minimum Gasteiger partial charge on any atom is -0.337 e. The number of rotatable bonds is 5. The predicted octanol–water partition coefficient (Wildman–Crippen LogP) is 3.53. The van der Waals surface area contributed by atoms with Gasteiger partial charge in [0.1, 0.15) is 0 Å². The lowest BCUT2D eigenvalue weighted by atomic mass is 9.96. The fraction of sp³-hybridized carbons (Fsp3) is 0.316. The van der Waals surface area contributed by atoms with Gasteiger partial charge in [0.05, 0.1) is 0 Å². The molecule has 2 amide bonds. The molecule has 1 aliphatic carbocycles. The molecular formula is C19H22N2O. The van der Waals surface area contributed by atoms with E-state index in [1.54, 1.807) is 0 Å². The minimum atomic E-state index is -0.0938. The fourth-order valence-electron chi connectivity index (χ4n) is 2.83. The summed E-state index contributed by atoms with van der Waals surface area (Å²) in [4.78, 5) is 12.0. The largest absolute Gasteiger partial charge is 0.337 e. The molecule has 3 nitrogen and oxygen atoms in total. The first-order valence-corrected chi connectivity index (χ1v) is 7.81. The molecule has 114 valence electrons. The van der Waals surface area contributed by atoms with Gasteiger partial charge >= 0.3 is 6.03 Å². The number of hydrogen-bond acceptors (Lipinski definition) is 1. The zero-order valence-corrected chi connectivity index (χ0v) is 12.9. The van der Waals surface area contributed by atoms with E-state index in [4.69, 9.17) is 0 Å². The van der Waals surface area contributed by atoms with Gasteiger partial charge in [0, 0.05) is 18.5 Å². The van der Waals surface area contributed by atoms with Crippen LogP contribution >= 0.6 is 0 Å². The molecule has 2 N–H and O–H groups in total. The summed E-state index contributed by atoms with van der Waals surface area (Å²) < 4.78 is 0. The van der Waals surface area contributed by atoms with E-state index in [2.05, 4.69) is 54.0 Å². The average molecular weight is 294 g/mol. The first-order valence-electron chi connectivity index (χ1n) is 7.81. The van der Waals surface area contributed by atoms with Gasteiger partial charge in [0.25, 0.3) is 0 Å². The van der Waals surface area contributed by atoms with Crippen molar-refractivity contribution < 1.29 is 4.79 Å². The van der Waals surface area contributed by atoms with Crippen LogP contribution in [0.2, 0.25) is 0 Å². The molecular weight excluding hydrogens is 272 g/mol. The molecule has 0 atom stereocenters. The smallest absolute Gasteiger partial charge is 0.315 e. The maximum Gasteiger partial charge on any atom is 0.315 e. The normalized spacial score (nSPS) is 15.1. The number of hydrogen-bond donors (Lipinski definition) is 2. The standard InChI is InChI=1S/C19H22N2O/c1-15-6-5-7-16(12-15)13-20-18(22)21-14-19(10-11-19)17-8-3-2-4-9-17/h2-9,12H,10-11,13-14H2,1H3,(H2,20,21,22). The third kappa shape index (κ3) is 3.48. The van der Waals surface area contributed by atoms with Gasteiger partial charge in [0.15, 0.2) is 0 Å². The summed E-state index contributed by atoms with van der Waals surface area (Å²) in [7, 11) is 0. The third-order valence-corrected chi connectivity index (χ3v) is 4.36. The zero-order valence-electron chi connectivity index (χ0n) is 12.9. The molecule has 22 heavy (non-hydrogen) atoms. The van der Waals surface area contributed by atoms with E-state index in [1.165, 1.54) is 11.1 Å². The molecule has 1 aliphatic rings. The molecule has 0 radical (unpaired) electrons. The molecule has 0 aliphatic heterocycles. The number of amides is 2. The molecule has 1 saturated carbocycles. The van der Waals surface area contributed by atoms with E-state index in [1.807, 2.05) is 18.2 Å². The molecule has 0 heterocycles. The Morgan fingerprint density at radius 1 is 1.05 bits per heavy atom. The van der Waals surface area contributed by atoms with Crippen molar-refractivity contribution in [2.75, 3.05) is 6.54 Å². The molecule has 0 spiro atoms. The summed E-state index contributed by atoms with van der Waals surface area (Å²) in [6.45, 7) is 3.32. The summed E-state index contributed by atoms with van der Waals surface area (Å²) in [5.74, 6) is 0. The topological polar surface area (TPSA) is 41.1 Å². The lowest BCUT2D eigenvalue weighted by Crippen LogP contribution is -2.39. The Labute approximate surface area is 131 Å². The molecule has 3 heteroatoms. The SMILES string of the molecule is Cc1cccc(CNC(=O)NCC2(c3ccccc3)CC2)c1. The van der Waals surface area contributed by atoms with E-state index in [-0.39, 0.29) is 11.4 Å². The Hall–Kier alpha value is -2.29. The number of carbonyl (C=O) groups excluding carboxylic acids is 1. The van der Waals surface area contributed by atoms with Crippen molar-refractivity contribution in [1.29, 1.82) is 0 Å². The molecule has 0 saturated heterocycles.